The fourth-order valence-electron chi connectivity index (χ4n) is 2.93. The molecule has 1 N–H and O–H groups in total. The number of nitrogens with zero attached hydrogens (tertiary/aromatic N) is 4. The Hall–Kier alpha value is -1.62. The number of anilines is 1. The van der Waals surface area contributed by atoms with Crippen LogP contribution in [0.5, 0.6) is 0 Å². The minimum absolute atomic E-state index is 0.405. The van der Waals surface area contributed by atoms with Gasteiger partial charge in [-0.15, -0.1) is 0 Å². The van der Waals surface area contributed by atoms with Gasteiger partial charge in [-0.1, -0.05) is 13.8 Å². The quantitative estimate of drug-likeness (QED) is 0.923. The van der Waals surface area contributed by atoms with Crippen LogP contribution in [0.2, 0.25) is 0 Å². The lowest BCUT2D eigenvalue weighted by atomic mass is 9.98. The molecule has 1 aliphatic heterocycles. The maximum absolute atomic E-state index is 10.2. The van der Waals surface area contributed by atoms with Crippen molar-refractivity contribution in [1.82, 2.24) is 14.6 Å². The van der Waals surface area contributed by atoms with Crippen LogP contribution in [-0.4, -0.2) is 38.4 Å². The predicted molar refractivity (Wildman–Crippen MR) is 83.8 cm³/mol. The summed E-state index contributed by atoms with van der Waals surface area (Å²) in [6, 6.07) is 2.13. The van der Waals surface area contributed by atoms with Crippen molar-refractivity contribution in [2.45, 2.75) is 51.6 Å². The number of aliphatic hydroxyl groups is 1. The summed E-state index contributed by atoms with van der Waals surface area (Å²) in [5.74, 6) is 1.39. The van der Waals surface area contributed by atoms with Gasteiger partial charge in [0, 0.05) is 25.5 Å². The molecule has 0 amide bonds. The van der Waals surface area contributed by atoms with Crippen molar-refractivity contribution in [1.29, 1.82) is 0 Å². The second kappa shape index (κ2) is 5.30. The van der Waals surface area contributed by atoms with Crippen molar-refractivity contribution in [3.63, 3.8) is 0 Å². The van der Waals surface area contributed by atoms with Gasteiger partial charge in [0.1, 0.15) is 5.52 Å². The maximum Gasteiger partial charge on any atom is 0.154 e. The van der Waals surface area contributed by atoms with Gasteiger partial charge >= 0.3 is 0 Å². The van der Waals surface area contributed by atoms with E-state index < -0.39 is 5.60 Å². The Morgan fingerprint density at radius 2 is 2.10 bits per heavy atom. The topological polar surface area (TPSA) is 53.7 Å². The lowest BCUT2D eigenvalue weighted by Crippen LogP contribution is -2.29. The van der Waals surface area contributed by atoms with Crippen molar-refractivity contribution < 1.29 is 5.11 Å². The van der Waals surface area contributed by atoms with E-state index in [9.17, 15) is 5.11 Å². The highest BCUT2D eigenvalue weighted by Crippen LogP contribution is 2.27. The summed E-state index contributed by atoms with van der Waals surface area (Å²) in [5, 5.41) is 14.9. The average molecular weight is 288 g/mol. The lowest BCUT2D eigenvalue weighted by Gasteiger charge is -2.23. The molecule has 5 heteroatoms. The zero-order chi connectivity index (χ0) is 15.0. The Balaban J connectivity index is 1.96. The molecule has 1 unspecified atom stereocenters. The van der Waals surface area contributed by atoms with Crippen LogP contribution < -0.4 is 4.90 Å². The average Bonchev–Trinajstić information content (AvgIpc) is 2.78. The molecular formula is C16H24N4O. The first-order valence-corrected chi connectivity index (χ1v) is 7.78. The third-order valence-corrected chi connectivity index (χ3v) is 4.34. The van der Waals surface area contributed by atoms with E-state index in [0.29, 0.717) is 5.92 Å². The van der Waals surface area contributed by atoms with E-state index in [4.69, 9.17) is 0 Å². The molecule has 2 aromatic heterocycles. The van der Waals surface area contributed by atoms with Crippen molar-refractivity contribution in [2.75, 3.05) is 18.0 Å². The number of aromatic nitrogens is 3. The van der Waals surface area contributed by atoms with Crippen molar-refractivity contribution in [3.8, 4) is 0 Å². The van der Waals surface area contributed by atoms with Crippen LogP contribution in [0.3, 0.4) is 0 Å². The van der Waals surface area contributed by atoms with Gasteiger partial charge < -0.3 is 10.0 Å². The van der Waals surface area contributed by atoms with E-state index in [1.165, 1.54) is 0 Å². The van der Waals surface area contributed by atoms with Gasteiger partial charge in [-0.2, -0.15) is 5.10 Å². The van der Waals surface area contributed by atoms with Crippen LogP contribution in [0.1, 0.15) is 51.6 Å². The fraction of sp³-hybridized carbons (Fsp3) is 0.625. The molecule has 1 aliphatic rings. The second-order valence-electron chi connectivity index (χ2n) is 6.64. The summed E-state index contributed by atoms with van der Waals surface area (Å²) < 4.78 is 1.92. The Bertz CT molecular complexity index is 632. The van der Waals surface area contributed by atoms with Gasteiger partial charge in [0.15, 0.2) is 5.82 Å². The van der Waals surface area contributed by atoms with Crippen LogP contribution >= 0.6 is 0 Å². The van der Waals surface area contributed by atoms with Crippen molar-refractivity contribution in [3.05, 3.63) is 24.2 Å². The first-order chi connectivity index (χ1) is 9.96. The van der Waals surface area contributed by atoms with E-state index >= 15 is 0 Å². The maximum atomic E-state index is 10.2. The molecule has 3 heterocycles. The summed E-state index contributed by atoms with van der Waals surface area (Å²) in [4.78, 5) is 6.86. The third-order valence-electron chi connectivity index (χ3n) is 4.34. The van der Waals surface area contributed by atoms with Crippen LogP contribution in [0.15, 0.2) is 18.5 Å². The molecule has 21 heavy (non-hydrogen) atoms. The number of rotatable bonds is 2. The molecule has 0 bridgehead atoms. The summed E-state index contributed by atoms with van der Waals surface area (Å²) in [6.45, 7) is 8.00. The van der Waals surface area contributed by atoms with E-state index in [-0.39, 0.29) is 0 Å². The van der Waals surface area contributed by atoms with E-state index in [1.807, 2.05) is 23.8 Å². The number of hydrogen-bond acceptors (Lipinski definition) is 4. The van der Waals surface area contributed by atoms with Gasteiger partial charge in [0.05, 0.1) is 11.3 Å². The van der Waals surface area contributed by atoms with Crippen LogP contribution in [0.25, 0.3) is 5.52 Å². The molecule has 0 radical (unpaired) electrons. The zero-order valence-corrected chi connectivity index (χ0v) is 13.1. The van der Waals surface area contributed by atoms with Gasteiger partial charge in [0.2, 0.25) is 0 Å². The largest absolute Gasteiger partial charge is 0.390 e. The molecule has 0 aliphatic carbocycles. The first-order valence-electron chi connectivity index (χ1n) is 7.78. The molecule has 0 spiro atoms. The molecule has 2 aromatic rings. The second-order valence-corrected chi connectivity index (χ2v) is 6.64. The van der Waals surface area contributed by atoms with Gasteiger partial charge in [-0.3, -0.25) is 0 Å². The van der Waals surface area contributed by atoms with Crippen LogP contribution in [0, 0.1) is 0 Å². The smallest absolute Gasteiger partial charge is 0.154 e. The van der Waals surface area contributed by atoms with Gasteiger partial charge in [0.25, 0.3) is 0 Å². The molecule has 3 rings (SSSR count). The number of hydrogen-bond donors (Lipinski definition) is 1. The molecule has 114 valence electrons. The number of fused-ring (bicyclic) bond motifs is 1. The standard InChI is InChI=1S/C16H24N4O/c1-12(2)13-11-14-15(17-7-10-20(14)18-13)19-8-4-5-16(3,21)6-9-19/h7,10-12,21H,4-6,8-9H2,1-3H3. The lowest BCUT2D eigenvalue weighted by molar-refractivity contribution is 0.0481. The minimum atomic E-state index is -0.552. The Kier molecular flexibility index (Phi) is 3.61. The summed E-state index contributed by atoms with van der Waals surface area (Å²) >= 11 is 0. The molecule has 0 saturated carbocycles. The molecule has 1 atom stereocenters. The Labute approximate surface area is 125 Å². The van der Waals surface area contributed by atoms with Gasteiger partial charge in [-0.05, 0) is 38.2 Å². The van der Waals surface area contributed by atoms with Gasteiger partial charge in [-0.25, -0.2) is 9.50 Å². The molecule has 5 nitrogen and oxygen atoms in total. The highest BCUT2D eigenvalue weighted by molar-refractivity contribution is 5.69. The fourth-order valence-corrected chi connectivity index (χ4v) is 2.93. The molecular weight excluding hydrogens is 264 g/mol. The minimum Gasteiger partial charge on any atom is -0.390 e. The van der Waals surface area contributed by atoms with E-state index in [0.717, 1.165) is 49.4 Å². The summed E-state index contributed by atoms with van der Waals surface area (Å²) in [5.41, 5.74) is 1.59. The van der Waals surface area contributed by atoms with Crippen LogP contribution in [-0.2, 0) is 0 Å². The highest BCUT2D eigenvalue weighted by atomic mass is 16.3. The zero-order valence-electron chi connectivity index (χ0n) is 13.1. The predicted octanol–water partition coefficient (Wildman–Crippen LogP) is 2.59. The van der Waals surface area contributed by atoms with Crippen molar-refractivity contribution in [2.24, 2.45) is 0 Å². The van der Waals surface area contributed by atoms with Crippen molar-refractivity contribution >= 4 is 11.3 Å². The van der Waals surface area contributed by atoms with E-state index in [2.05, 4.69) is 34.9 Å². The first kappa shape index (κ1) is 14.3. The van der Waals surface area contributed by atoms with Crippen LogP contribution in [0.4, 0.5) is 5.82 Å². The Morgan fingerprint density at radius 1 is 1.29 bits per heavy atom. The Morgan fingerprint density at radius 3 is 2.86 bits per heavy atom. The summed E-state index contributed by atoms with van der Waals surface area (Å²) in [7, 11) is 0. The monoisotopic (exact) mass is 288 g/mol. The third kappa shape index (κ3) is 2.88. The highest BCUT2D eigenvalue weighted by Gasteiger charge is 2.26. The normalized spacial score (nSPS) is 23.8. The molecule has 1 fully saturated rings. The summed E-state index contributed by atoms with van der Waals surface area (Å²) in [6.07, 6.45) is 6.33. The SMILES string of the molecule is CC(C)c1cc2c(N3CCCC(C)(O)CC3)nccn2n1. The molecule has 1 saturated heterocycles. The van der Waals surface area contributed by atoms with E-state index in [1.54, 1.807) is 0 Å². The molecule has 0 aromatic carbocycles.